The number of aryl methyl sites for hydroxylation is 1. The molecule has 144 valence electrons. The Hall–Kier alpha value is -2.15. The highest BCUT2D eigenvalue weighted by Crippen LogP contribution is 2.21. The summed E-state index contributed by atoms with van der Waals surface area (Å²) in [7, 11) is 0. The third-order valence-electron chi connectivity index (χ3n) is 4.62. The molecule has 3 aromatic rings. The smallest absolute Gasteiger partial charge is 0.278 e. The van der Waals surface area contributed by atoms with Gasteiger partial charge >= 0.3 is 0 Å². The fourth-order valence-electron chi connectivity index (χ4n) is 3.11. The second-order valence-corrected chi connectivity index (χ2v) is 7.87. The fraction of sp³-hybridized carbons (Fsp3) is 0.400. The number of aromatic nitrogens is 3. The standard InChI is InChI=1S/C20H23F2N3OS/c1-12(2)7-8-24-19(26)18-17(23-20(24)27-4)9-13(3)25(18)11-14-5-6-15(21)16(22)10-14/h5-6,9-10,12H,7-8,11H2,1-4H3. The summed E-state index contributed by atoms with van der Waals surface area (Å²) in [5, 5.41) is 0.693. The first-order valence-corrected chi connectivity index (χ1v) is 10.1. The van der Waals surface area contributed by atoms with Gasteiger partial charge in [0.2, 0.25) is 0 Å². The molecule has 0 amide bonds. The van der Waals surface area contributed by atoms with Crippen molar-refractivity contribution in [2.75, 3.05) is 6.26 Å². The predicted octanol–water partition coefficient (Wildman–Crippen LogP) is 4.60. The molecule has 0 saturated heterocycles. The van der Waals surface area contributed by atoms with Crippen LogP contribution in [0.5, 0.6) is 0 Å². The van der Waals surface area contributed by atoms with Gasteiger partial charge in [0, 0.05) is 18.8 Å². The number of hydrogen-bond acceptors (Lipinski definition) is 3. The Bertz CT molecular complexity index is 1040. The van der Waals surface area contributed by atoms with Crippen LogP contribution in [0.15, 0.2) is 34.2 Å². The topological polar surface area (TPSA) is 39.8 Å². The van der Waals surface area contributed by atoms with Crippen molar-refractivity contribution in [3.8, 4) is 0 Å². The molecular weight excluding hydrogens is 368 g/mol. The van der Waals surface area contributed by atoms with Crippen molar-refractivity contribution in [3.05, 3.63) is 57.5 Å². The van der Waals surface area contributed by atoms with Crippen molar-refractivity contribution < 1.29 is 8.78 Å². The van der Waals surface area contributed by atoms with Gasteiger partial charge in [-0.3, -0.25) is 9.36 Å². The Morgan fingerprint density at radius 3 is 2.52 bits per heavy atom. The molecule has 0 bridgehead atoms. The molecule has 0 aliphatic rings. The van der Waals surface area contributed by atoms with Crippen molar-refractivity contribution in [2.45, 2.75) is 45.4 Å². The Morgan fingerprint density at radius 1 is 1.15 bits per heavy atom. The molecule has 4 nitrogen and oxygen atoms in total. The quantitative estimate of drug-likeness (QED) is 0.455. The van der Waals surface area contributed by atoms with E-state index in [9.17, 15) is 13.6 Å². The van der Waals surface area contributed by atoms with Gasteiger partial charge in [-0.25, -0.2) is 13.8 Å². The fourth-order valence-corrected chi connectivity index (χ4v) is 3.70. The first-order chi connectivity index (χ1) is 12.8. The summed E-state index contributed by atoms with van der Waals surface area (Å²) >= 11 is 1.45. The van der Waals surface area contributed by atoms with Crippen LogP contribution in [0.4, 0.5) is 8.78 Å². The lowest BCUT2D eigenvalue weighted by Crippen LogP contribution is -2.25. The summed E-state index contributed by atoms with van der Waals surface area (Å²) in [4.78, 5) is 17.9. The van der Waals surface area contributed by atoms with Gasteiger partial charge in [0.1, 0.15) is 5.52 Å². The maximum Gasteiger partial charge on any atom is 0.278 e. The first kappa shape index (κ1) is 19.6. The number of hydrogen-bond donors (Lipinski definition) is 0. The largest absolute Gasteiger partial charge is 0.335 e. The number of rotatable bonds is 6. The maximum atomic E-state index is 13.6. The number of benzene rings is 1. The highest BCUT2D eigenvalue weighted by atomic mass is 32.2. The minimum Gasteiger partial charge on any atom is -0.335 e. The van der Waals surface area contributed by atoms with Crippen LogP contribution in [-0.2, 0) is 13.1 Å². The molecular formula is C20H23F2N3OS. The third kappa shape index (κ3) is 3.93. The monoisotopic (exact) mass is 391 g/mol. The van der Waals surface area contributed by atoms with Crippen molar-refractivity contribution in [2.24, 2.45) is 5.92 Å². The van der Waals surface area contributed by atoms with Crippen LogP contribution >= 0.6 is 11.8 Å². The Kier molecular flexibility index (Phi) is 5.69. The number of fused-ring (bicyclic) bond motifs is 1. The van der Waals surface area contributed by atoms with Gasteiger partial charge in [0.25, 0.3) is 5.56 Å². The molecule has 1 aromatic carbocycles. The molecule has 0 unspecified atom stereocenters. The zero-order valence-corrected chi connectivity index (χ0v) is 16.7. The molecule has 0 radical (unpaired) electrons. The first-order valence-electron chi connectivity index (χ1n) is 8.90. The lowest BCUT2D eigenvalue weighted by Gasteiger charge is -2.14. The van der Waals surface area contributed by atoms with E-state index in [0.29, 0.717) is 34.2 Å². The van der Waals surface area contributed by atoms with Gasteiger partial charge < -0.3 is 4.57 Å². The lowest BCUT2D eigenvalue weighted by molar-refractivity contribution is 0.480. The molecule has 0 atom stereocenters. The van der Waals surface area contributed by atoms with Crippen LogP contribution in [0.3, 0.4) is 0 Å². The Balaban J connectivity index is 2.12. The average molecular weight is 391 g/mol. The van der Waals surface area contributed by atoms with Crippen LogP contribution in [0.25, 0.3) is 11.0 Å². The van der Waals surface area contributed by atoms with Crippen LogP contribution in [0.2, 0.25) is 0 Å². The molecule has 7 heteroatoms. The maximum absolute atomic E-state index is 13.6. The highest BCUT2D eigenvalue weighted by Gasteiger charge is 2.17. The van der Waals surface area contributed by atoms with E-state index in [1.807, 2.05) is 23.8 Å². The predicted molar refractivity (Wildman–Crippen MR) is 105 cm³/mol. The summed E-state index contributed by atoms with van der Waals surface area (Å²) in [6.45, 7) is 7.01. The number of halogens is 2. The van der Waals surface area contributed by atoms with Crippen LogP contribution in [0.1, 0.15) is 31.5 Å². The van der Waals surface area contributed by atoms with E-state index in [2.05, 4.69) is 18.8 Å². The zero-order valence-electron chi connectivity index (χ0n) is 15.9. The molecule has 2 heterocycles. The molecule has 0 spiro atoms. The summed E-state index contributed by atoms with van der Waals surface area (Å²) in [6, 6.07) is 5.67. The second-order valence-electron chi connectivity index (χ2n) is 7.09. The summed E-state index contributed by atoms with van der Waals surface area (Å²) in [6.07, 6.45) is 2.79. The highest BCUT2D eigenvalue weighted by molar-refractivity contribution is 7.98. The molecule has 3 rings (SSSR count). The van der Waals surface area contributed by atoms with Crippen molar-refractivity contribution >= 4 is 22.8 Å². The van der Waals surface area contributed by atoms with E-state index >= 15 is 0 Å². The van der Waals surface area contributed by atoms with Gasteiger partial charge in [-0.1, -0.05) is 31.7 Å². The van der Waals surface area contributed by atoms with E-state index < -0.39 is 11.6 Å². The lowest BCUT2D eigenvalue weighted by atomic mass is 10.1. The van der Waals surface area contributed by atoms with Gasteiger partial charge in [-0.2, -0.15) is 0 Å². The molecule has 0 N–H and O–H groups in total. The summed E-state index contributed by atoms with van der Waals surface area (Å²) < 4.78 is 30.3. The zero-order chi connectivity index (χ0) is 19.7. The van der Waals surface area contributed by atoms with Crippen molar-refractivity contribution in [1.29, 1.82) is 0 Å². The number of thioether (sulfide) groups is 1. The second kappa shape index (κ2) is 7.84. The van der Waals surface area contributed by atoms with E-state index in [-0.39, 0.29) is 12.1 Å². The minimum absolute atomic E-state index is 0.0966. The number of nitrogens with zero attached hydrogens (tertiary/aromatic N) is 3. The summed E-state index contributed by atoms with van der Waals surface area (Å²) in [5.41, 5.74) is 2.48. The van der Waals surface area contributed by atoms with Crippen LogP contribution in [-0.4, -0.2) is 20.4 Å². The van der Waals surface area contributed by atoms with Crippen LogP contribution in [0, 0.1) is 24.5 Å². The molecule has 2 aromatic heterocycles. The minimum atomic E-state index is -0.890. The molecule has 0 aliphatic heterocycles. The SMILES string of the molecule is CSc1nc2cc(C)n(Cc3ccc(F)c(F)c3)c2c(=O)n1CCC(C)C. The molecule has 0 fully saturated rings. The normalized spacial score (nSPS) is 11.7. The van der Waals surface area contributed by atoms with E-state index in [1.54, 1.807) is 4.57 Å². The average Bonchev–Trinajstić information content (AvgIpc) is 2.92. The van der Waals surface area contributed by atoms with Gasteiger partial charge in [-0.15, -0.1) is 0 Å². The van der Waals surface area contributed by atoms with Gasteiger partial charge in [0.15, 0.2) is 16.8 Å². The Labute approximate surface area is 161 Å². The van der Waals surface area contributed by atoms with Crippen molar-refractivity contribution in [1.82, 2.24) is 14.1 Å². The van der Waals surface area contributed by atoms with E-state index in [1.165, 1.54) is 23.9 Å². The van der Waals surface area contributed by atoms with Crippen molar-refractivity contribution in [3.63, 3.8) is 0 Å². The van der Waals surface area contributed by atoms with E-state index in [0.717, 1.165) is 18.2 Å². The van der Waals surface area contributed by atoms with Gasteiger partial charge in [0.05, 0.1) is 5.52 Å². The molecule has 0 aliphatic carbocycles. The Morgan fingerprint density at radius 2 is 1.89 bits per heavy atom. The van der Waals surface area contributed by atoms with Gasteiger partial charge in [-0.05, 0) is 49.3 Å². The molecule has 27 heavy (non-hydrogen) atoms. The molecule has 0 saturated carbocycles. The van der Waals surface area contributed by atoms with Crippen LogP contribution < -0.4 is 5.56 Å². The van der Waals surface area contributed by atoms with E-state index in [4.69, 9.17) is 0 Å². The third-order valence-corrected chi connectivity index (χ3v) is 5.29. The summed E-state index contributed by atoms with van der Waals surface area (Å²) in [5.74, 6) is -1.30.